The van der Waals surface area contributed by atoms with Crippen LogP contribution in [0, 0.1) is 11.8 Å². The van der Waals surface area contributed by atoms with E-state index in [9.17, 15) is 0 Å². The van der Waals surface area contributed by atoms with Crippen molar-refractivity contribution >= 4 is 59.3 Å². The molecule has 2 bridgehead atoms. The lowest BCUT2D eigenvalue weighted by atomic mass is 9.82. The number of fused-ring (bicyclic) bond motifs is 9. The quantitative estimate of drug-likeness (QED) is 0.163. The maximum atomic E-state index is 2.54. The van der Waals surface area contributed by atoms with Crippen molar-refractivity contribution in [1.29, 1.82) is 0 Å². The molecule has 1 heterocycles. The first-order valence-corrected chi connectivity index (χ1v) is 22.0. The van der Waals surface area contributed by atoms with Crippen molar-refractivity contribution in [3.8, 4) is 33.4 Å². The van der Waals surface area contributed by atoms with Crippen LogP contribution in [0.5, 0.6) is 0 Å². The van der Waals surface area contributed by atoms with E-state index in [1.165, 1.54) is 113 Å². The highest BCUT2D eigenvalue weighted by molar-refractivity contribution is 7.25. The SMILES string of the molecule is CC1(C)c2ccccc2-c2cc(N(c3ccc(-c4cccc5cccc(-c6ccccc6)c45)cc3)c3ccc4c(c3)sc3cc(C5CC6CCC5C6)ccc34)ccc21. The van der Waals surface area contributed by atoms with Gasteiger partial charge in [0.05, 0.1) is 0 Å². The van der Waals surface area contributed by atoms with Crippen LogP contribution in [0.2, 0.25) is 0 Å². The number of benzene rings is 8. The van der Waals surface area contributed by atoms with E-state index in [4.69, 9.17) is 0 Å². The summed E-state index contributed by atoms with van der Waals surface area (Å²) in [6.45, 7) is 4.73. The van der Waals surface area contributed by atoms with Gasteiger partial charge in [-0.15, -0.1) is 11.3 Å². The molecule has 58 heavy (non-hydrogen) atoms. The lowest BCUT2D eigenvalue weighted by molar-refractivity contribution is 0.420. The monoisotopic (exact) mass is 763 g/mol. The summed E-state index contributed by atoms with van der Waals surface area (Å²) in [4.78, 5) is 2.47. The standard InChI is InChI=1S/C56H45NS/c1-56(2)51-17-7-6-14-46(51)50-33-42(26-29-52(50)56)57(43-25-28-48-47-27-22-40(32-53(47)58-54(48)34-43)49-31-35-18-19-39(49)30-35)41-23-20-37(21-24-41)45-16-9-13-38-12-8-15-44(55(38)45)36-10-4-3-5-11-36/h3-17,20-29,32-35,39,49H,18-19,30-31H2,1-2H3. The Kier molecular flexibility index (Phi) is 7.66. The summed E-state index contributed by atoms with van der Waals surface area (Å²) in [6.07, 6.45) is 5.69. The molecule has 8 aromatic carbocycles. The molecule has 280 valence electrons. The Bertz CT molecular complexity index is 3050. The van der Waals surface area contributed by atoms with Gasteiger partial charge in [-0.25, -0.2) is 0 Å². The van der Waals surface area contributed by atoms with Gasteiger partial charge < -0.3 is 4.90 Å². The number of nitrogens with zero attached hydrogens (tertiary/aromatic N) is 1. The zero-order valence-electron chi connectivity index (χ0n) is 33.1. The number of thiophene rings is 1. The fourth-order valence-corrected chi connectivity index (χ4v) is 12.5. The molecule has 0 aliphatic heterocycles. The van der Waals surface area contributed by atoms with E-state index < -0.39 is 0 Å². The predicted molar refractivity (Wildman–Crippen MR) is 248 cm³/mol. The van der Waals surface area contributed by atoms with Gasteiger partial charge in [0.25, 0.3) is 0 Å². The molecule has 1 aromatic heterocycles. The van der Waals surface area contributed by atoms with Crippen LogP contribution in [0.3, 0.4) is 0 Å². The molecule has 3 atom stereocenters. The molecule has 0 saturated heterocycles. The third kappa shape index (κ3) is 5.28. The summed E-state index contributed by atoms with van der Waals surface area (Å²) in [5, 5.41) is 5.29. The molecule has 0 amide bonds. The first-order chi connectivity index (χ1) is 28.5. The Balaban J connectivity index is 0.991. The van der Waals surface area contributed by atoms with Gasteiger partial charge >= 0.3 is 0 Å². The van der Waals surface area contributed by atoms with Gasteiger partial charge in [0.1, 0.15) is 0 Å². The van der Waals surface area contributed by atoms with Crippen LogP contribution in [0.25, 0.3) is 64.3 Å². The molecule has 2 fully saturated rings. The van der Waals surface area contributed by atoms with E-state index >= 15 is 0 Å². The second-order valence-corrected chi connectivity index (χ2v) is 18.8. The zero-order chi connectivity index (χ0) is 38.5. The van der Waals surface area contributed by atoms with Gasteiger partial charge in [0.15, 0.2) is 0 Å². The van der Waals surface area contributed by atoms with Crippen LogP contribution in [-0.4, -0.2) is 0 Å². The first kappa shape index (κ1) is 34.1. The minimum atomic E-state index is -0.0408. The molecule has 3 unspecified atom stereocenters. The highest BCUT2D eigenvalue weighted by atomic mass is 32.1. The minimum absolute atomic E-state index is 0.0408. The van der Waals surface area contributed by atoms with E-state index in [1.54, 1.807) is 5.56 Å². The lowest BCUT2D eigenvalue weighted by Crippen LogP contribution is -2.15. The van der Waals surface area contributed by atoms with Gasteiger partial charge in [-0.3, -0.25) is 0 Å². The summed E-state index contributed by atoms with van der Waals surface area (Å²) in [6, 6.07) is 64.1. The van der Waals surface area contributed by atoms with Crippen molar-refractivity contribution in [3.05, 3.63) is 187 Å². The Morgan fingerprint density at radius 1 is 0.500 bits per heavy atom. The molecule has 3 aliphatic rings. The molecule has 3 aliphatic carbocycles. The first-order valence-electron chi connectivity index (χ1n) is 21.2. The Morgan fingerprint density at radius 2 is 1.14 bits per heavy atom. The van der Waals surface area contributed by atoms with Gasteiger partial charge in [-0.1, -0.05) is 148 Å². The number of anilines is 3. The molecule has 12 rings (SSSR count). The van der Waals surface area contributed by atoms with Gasteiger partial charge in [0.2, 0.25) is 0 Å². The van der Waals surface area contributed by atoms with Gasteiger partial charge in [-0.05, 0) is 140 Å². The molecule has 0 spiro atoms. The van der Waals surface area contributed by atoms with Crippen LogP contribution in [0.1, 0.15) is 62.1 Å². The molecule has 0 N–H and O–H groups in total. The van der Waals surface area contributed by atoms with Crippen LogP contribution < -0.4 is 4.90 Å². The van der Waals surface area contributed by atoms with Crippen molar-refractivity contribution in [2.24, 2.45) is 11.8 Å². The summed E-state index contributed by atoms with van der Waals surface area (Å²) in [7, 11) is 0. The van der Waals surface area contributed by atoms with Crippen molar-refractivity contribution < 1.29 is 0 Å². The van der Waals surface area contributed by atoms with Crippen molar-refractivity contribution in [2.45, 2.75) is 50.9 Å². The van der Waals surface area contributed by atoms with E-state index in [-0.39, 0.29) is 5.41 Å². The predicted octanol–water partition coefficient (Wildman–Crippen LogP) is 16.2. The maximum absolute atomic E-state index is 2.54. The normalized spacial score (nSPS) is 18.9. The van der Waals surface area contributed by atoms with Crippen LogP contribution in [0.15, 0.2) is 170 Å². The average Bonchev–Trinajstić information content (AvgIpc) is 4.05. The van der Waals surface area contributed by atoms with Crippen LogP contribution in [0.4, 0.5) is 17.1 Å². The molecule has 2 heteroatoms. The smallest absolute Gasteiger partial charge is 0.0476 e. The fourth-order valence-electron chi connectivity index (χ4n) is 11.3. The second-order valence-electron chi connectivity index (χ2n) is 17.7. The molecule has 1 nitrogen and oxygen atoms in total. The highest BCUT2D eigenvalue weighted by Crippen LogP contribution is 2.54. The maximum Gasteiger partial charge on any atom is 0.0476 e. The van der Waals surface area contributed by atoms with Gasteiger partial charge in [0, 0.05) is 42.6 Å². The Morgan fingerprint density at radius 3 is 1.90 bits per heavy atom. The van der Waals surface area contributed by atoms with E-state index in [2.05, 4.69) is 189 Å². The third-order valence-electron chi connectivity index (χ3n) is 14.2. The van der Waals surface area contributed by atoms with E-state index in [0.717, 1.165) is 23.4 Å². The average molecular weight is 764 g/mol. The summed E-state index contributed by atoms with van der Waals surface area (Å²) in [5.74, 6) is 2.59. The van der Waals surface area contributed by atoms with Crippen LogP contribution in [-0.2, 0) is 5.41 Å². The summed E-state index contributed by atoms with van der Waals surface area (Å²) >= 11 is 1.96. The van der Waals surface area contributed by atoms with Crippen LogP contribution >= 0.6 is 11.3 Å². The largest absolute Gasteiger partial charge is 0.310 e. The van der Waals surface area contributed by atoms with Crippen molar-refractivity contribution in [3.63, 3.8) is 0 Å². The molecule has 2 saturated carbocycles. The summed E-state index contributed by atoms with van der Waals surface area (Å²) in [5.41, 5.74) is 15.5. The van der Waals surface area contributed by atoms with Crippen molar-refractivity contribution in [2.75, 3.05) is 4.90 Å². The second kappa shape index (κ2) is 13.0. The third-order valence-corrected chi connectivity index (χ3v) is 15.3. The number of rotatable bonds is 6. The van der Waals surface area contributed by atoms with E-state index in [1.807, 2.05) is 11.3 Å². The van der Waals surface area contributed by atoms with E-state index in [0.29, 0.717) is 0 Å². The number of hydrogen-bond donors (Lipinski definition) is 0. The van der Waals surface area contributed by atoms with Gasteiger partial charge in [-0.2, -0.15) is 0 Å². The minimum Gasteiger partial charge on any atom is -0.310 e. The zero-order valence-corrected chi connectivity index (χ0v) is 33.9. The molecule has 9 aromatic rings. The highest BCUT2D eigenvalue weighted by Gasteiger charge is 2.40. The molecular formula is C56H45NS. The number of hydrogen-bond acceptors (Lipinski definition) is 2. The fraction of sp³-hybridized carbons (Fsp3) is 0.179. The molecule has 0 radical (unpaired) electrons. The topological polar surface area (TPSA) is 3.24 Å². The van der Waals surface area contributed by atoms with Crippen molar-refractivity contribution in [1.82, 2.24) is 0 Å². The summed E-state index contributed by atoms with van der Waals surface area (Å²) < 4.78 is 2.76. The lowest BCUT2D eigenvalue weighted by Gasteiger charge is -2.27. The Hall–Kier alpha value is -5.96. The molecular weight excluding hydrogens is 719 g/mol. The Labute approximate surface area is 345 Å².